The van der Waals surface area contributed by atoms with E-state index in [0.29, 0.717) is 5.69 Å². The fourth-order valence-corrected chi connectivity index (χ4v) is 0.921. The van der Waals surface area contributed by atoms with Gasteiger partial charge >= 0.3 is 0 Å². The van der Waals surface area contributed by atoms with Gasteiger partial charge in [0.2, 0.25) is 0 Å². The minimum atomic E-state index is -0.0168. The molecular formula is C9H8BrNO. The van der Waals surface area contributed by atoms with E-state index >= 15 is 0 Å². The van der Waals surface area contributed by atoms with Gasteiger partial charge in [0.1, 0.15) is 0 Å². The summed E-state index contributed by atoms with van der Waals surface area (Å²) < 4.78 is 0. The van der Waals surface area contributed by atoms with Crippen molar-refractivity contribution in [3.05, 3.63) is 34.2 Å². The molecule has 0 aliphatic carbocycles. The first kappa shape index (κ1) is 9.08. The number of hydrogen-bond acceptors (Lipinski definition) is 1. The Morgan fingerprint density at radius 1 is 1.58 bits per heavy atom. The molecule has 0 amide bonds. The average Bonchev–Trinajstić information content (AvgIpc) is 2.05. The molecule has 0 aliphatic heterocycles. The summed E-state index contributed by atoms with van der Waals surface area (Å²) in [4.78, 5) is 13.7. The third kappa shape index (κ3) is 2.93. The van der Waals surface area contributed by atoms with Gasteiger partial charge < -0.3 is 4.98 Å². The van der Waals surface area contributed by atoms with Crippen LogP contribution in [0.5, 0.6) is 0 Å². The molecule has 1 aromatic heterocycles. The zero-order valence-corrected chi connectivity index (χ0v) is 8.02. The van der Waals surface area contributed by atoms with E-state index in [4.69, 9.17) is 0 Å². The van der Waals surface area contributed by atoms with Crippen LogP contribution in [0.15, 0.2) is 23.1 Å². The van der Waals surface area contributed by atoms with Gasteiger partial charge in [-0.1, -0.05) is 21.9 Å². The molecule has 1 rings (SSSR count). The first-order chi connectivity index (χ1) is 5.83. The standard InChI is InChI=1S/C9H8BrNO/c10-5-2-1-3-8-7-9(12)4-6-11-8/h4,6-7H,2,5H2,(H,11,12). The summed E-state index contributed by atoms with van der Waals surface area (Å²) in [6.07, 6.45) is 2.39. The van der Waals surface area contributed by atoms with Gasteiger partial charge in [-0.2, -0.15) is 0 Å². The number of pyridine rings is 1. The average molecular weight is 226 g/mol. The van der Waals surface area contributed by atoms with Crippen LogP contribution < -0.4 is 5.43 Å². The van der Waals surface area contributed by atoms with E-state index in [0.717, 1.165) is 11.8 Å². The Hall–Kier alpha value is -1.01. The molecule has 2 nitrogen and oxygen atoms in total. The molecule has 1 aromatic rings. The van der Waals surface area contributed by atoms with Crippen molar-refractivity contribution in [3.63, 3.8) is 0 Å². The highest BCUT2D eigenvalue weighted by Crippen LogP contribution is 1.87. The van der Waals surface area contributed by atoms with Crippen LogP contribution in [0.4, 0.5) is 0 Å². The van der Waals surface area contributed by atoms with E-state index in [-0.39, 0.29) is 5.43 Å². The lowest BCUT2D eigenvalue weighted by Crippen LogP contribution is -1.97. The lowest BCUT2D eigenvalue weighted by atomic mass is 10.3. The molecule has 0 saturated carbocycles. The van der Waals surface area contributed by atoms with Gasteiger partial charge in [-0.3, -0.25) is 4.79 Å². The van der Waals surface area contributed by atoms with Gasteiger partial charge in [-0.05, 0) is 5.92 Å². The second-order valence-corrected chi connectivity index (χ2v) is 2.97. The van der Waals surface area contributed by atoms with Crippen molar-refractivity contribution < 1.29 is 0 Å². The molecule has 3 heteroatoms. The molecule has 0 fully saturated rings. The van der Waals surface area contributed by atoms with Crippen molar-refractivity contribution in [3.8, 4) is 11.8 Å². The fourth-order valence-electron chi connectivity index (χ4n) is 0.723. The Balaban J connectivity index is 2.78. The molecule has 12 heavy (non-hydrogen) atoms. The molecule has 1 N–H and O–H groups in total. The monoisotopic (exact) mass is 225 g/mol. The summed E-state index contributed by atoms with van der Waals surface area (Å²) in [6, 6.07) is 2.96. The summed E-state index contributed by atoms with van der Waals surface area (Å²) in [5.41, 5.74) is 0.653. The van der Waals surface area contributed by atoms with E-state index in [1.807, 2.05) is 0 Å². The van der Waals surface area contributed by atoms with Crippen LogP contribution in [-0.2, 0) is 0 Å². The molecule has 0 unspecified atom stereocenters. The van der Waals surface area contributed by atoms with Gasteiger partial charge in [0.05, 0.1) is 5.69 Å². The number of rotatable bonds is 1. The maximum atomic E-state index is 10.8. The topological polar surface area (TPSA) is 32.9 Å². The first-order valence-electron chi connectivity index (χ1n) is 3.56. The first-order valence-corrected chi connectivity index (χ1v) is 4.68. The van der Waals surface area contributed by atoms with Gasteiger partial charge in [0, 0.05) is 30.1 Å². The zero-order chi connectivity index (χ0) is 8.81. The second kappa shape index (κ2) is 4.78. The number of alkyl halides is 1. The minimum Gasteiger partial charge on any atom is -0.355 e. The highest BCUT2D eigenvalue weighted by molar-refractivity contribution is 9.09. The maximum Gasteiger partial charge on any atom is 0.182 e. The molecule has 0 radical (unpaired) electrons. The lowest BCUT2D eigenvalue weighted by Gasteiger charge is -1.86. The van der Waals surface area contributed by atoms with Crippen molar-refractivity contribution in [2.75, 3.05) is 5.33 Å². The number of nitrogens with one attached hydrogen (secondary N) is 1. The van der Waals surface area contributed by atoms with E-state index in [9.17, 15) is 4.79 Å². The number of aromatic amines is 1. The normalized spacial score (nSPS) is 8.75. The molecule has 1 heterocycles. The van der Waals surface area contributed by atoms with Crippen molar-refractivity contribution in [2.24, 2.45) is 0 Å². The van der Waals surface area contributed by atoms with Gasteiger partial charge in [0.25, 0.3) is 0 Å². The quantitative estimate of drug-likeness (QED) is 0.571. The highest BCUT2D eigenvalue weighted by atomic mass is 79.9. The van der Waals surface area contributed by atoms with Crippen LogP contribution in [0.1, 0.15) is 12.1 Å². The van der Waals surface area contributed by atoms with Crippen molar-refractivity contribution in [2.45, 2.75) is 6.42 Å². The van der Waals surface area contributed by atoms with E-state index in [1.54, 1.807) is 6.20 Å². The number of hydrogen-bond donors (Lipinski definition) is 1. The predicted octanol–water partition coefficient (Wildman–Crippen LogP) is 1.51. The van der Waals surface area contributed by atoms with Crippen LogP contribution in [0, 0.1) is 11.8 Å². The van der Waals surface area contributed by atoms with Crippen LogP contribution in [0.25, 0.3) is 0 Å². The summed E-state index contributed by atoms with van der Waals surface area (Å²) >= 11 is 3.26. The molecule has 0 aromatic carbocycles. The number of halogens is 1. The predicted molar refractivity (Wildman–Crippen MR) is 52.4 cm³/mol. The van der Waals surface area contributed by atoms with E-state index in [1.165, 1.54) is 12.1 Å². The van der Waals surface area contributed by atoms with Crippen LogP contribution >= 0.6 is 15.9 Å². The molecule has 0 bridgehead atoms. The third-order valence-corrected chi connectivity index (χ3v) is 1.61. The molecule has 0 atom stereocenters. The third-order valence-electron chi connectivity index (χ3n) is 1.22. The van der Waals surface area contributed by atoms with Crippen LogP contribution in [0.2, 0.25) is 0 Å². The fraction of sp³-hybridized carbons (Fsp3) is 0.222. The van der Waals surface area contributed by atoms with Crippen molar-refractivity contribution in [1.29, 1.82) is 0 Å². The maximum absolute atomic E-state index is 10.8. The van der Waals surface area contributed by atoms with Gasteiger partial charge in [-0.25, -0.2) is 0 Å². The Bertz CT molecular complexity index is 359. The summed E-state index contributed by atoms with van der Waals surface area (Å²) in [5, 5.41) is 0.858. The summed E-state index contributed by atoms with van der Waals surface area (Å²) in [6.45, 7) is 0. The minimum absolute atomic E-state index is 0.0168. The summed E-state index contributed by atoms with van der Waals surface area (Å²) in [7, 11) is 0. The van der Waals surface area contributed by atoms with E-state index < -0.39 is 0 Å². The summed E-state index contributed by atoms with van der Waals surface area (Å²) in [5.74, 6) is 5.76. The van der Waals surface area contributed by atoms with Gasteiger partial charge in [0.15, 0.2) is 5.43 Å². The molecule has 62 valence electrons. The second-order valence-electron chi connectivity index (χ2n) is 2.18. The largest absolute Gasteiger partial charge is 0.355 e. The SMILES string of the molecule is O=c1cc[nH]c(C#CCCBr)c1. The number of H-pyrrole nitrogens is 1. The van der Waals surface area contributed by atoms with Crippen molar-refractivity contribution >= 4 is 15.9 Å². The van der Waals surface area contributed by atoms with Crippen LogP contribution in [-0.4, -0.2) is 10.3 Å². The Kier molecular flexibility index (Phi) is 3.62. The molecule has 0 aliphatic rings. The van der Waals surface area contributed by atoms with Crippen molar-refractivity contribution in [1.82, 2.24) is 4.98 Å². The lowest BCUT2D eigenvalue weighted by molar-refractivity contribution is 1.25. The highest BCUT2D eigenvalue weighted by Gasteiger charge is 1.85. The molecule has 0 spiro atoms. The zero-order valence-electron chi connectivity index (χ0n) is 6.43. The van der Waals surface area contributed by atoms with Gasteiger partial charge in [-0.15, -0.1) is 0 Å². The smallest absolute Gasteiger partial charge is 0.182 e. The molecule has 0 saturated heterocycles. The van der Waals surface area contributed by atoms with E-state index in [2.05, 4.69) is 32.8 Å². The number of aromatic nitrogens is 1. The Labute approximate surface area is 79.1 Å². The Morgan fingerprint density at radius 3 is 3.08 bits per heavy atom. The Morgan fingerprint density at radius 2 is 2.42 bits per heavy atom. The van der Waals surface area contributed by atoms with Crippen LogP contribution in [0.3, 0.4) is 0 Å². The molecular weight excluding hydrogens is 218 g/mol.